The summed E-state index contributed by atoms with van der Waals surface area (Å²) in [5.74, 6) is -0.392. The van der Waals surface area contributed by atoms with Crippen LogP contribution in [0.1, 0.15) is 39.5 Å². The number of rotatable bonds is 11. The van der Waals surface area contributed by atoms with Crippen LogP contribution in [-0.4, -0.2) is 43.3 Å². The summed E-state index contributed by atoms with van der Waals surface area (Å²) in [6.45, 7) is 5.13. The molecule has 118 valence electrons. The van der Waals surface area contributed by atoms with Crippen molar-refractivity contribution in [3.05, 3.63) is 0 Å². The van der Waals surface area contributed by atoms with Gasteiger partial charge >= 0.3 is 5.97 Å². The van der Waals surface area contributed by atoms with E-state index in [1.54, 1.807) is 0 Å². The predicted octanol–water partition coefficient (Wildman–Crippen LogP) is 0.994. The van der Waals surface area contributed by atoms with Crippen molar-refractivity contribution in [3.8, 4) is 0 Å². The Labute approximate surface area is 121 Å². The molecule has 1 amide bonds. The van der Waals surface area contributed by atoms with Gasteiger partial charge in [0.25, 0.3) is 0 Å². The summed E-state index contributed by atoms with van der Waals surface area (Å²) in [6.07, 6.45) is 2.22. The van der Waals surface area contributed by atoms with Crippen molar-refractivity contribution in [3.63, 3.8) is 0 Å². The molecule has 6 heteroatoms. The van der Waals surface area contributed by atoms with Crippen molar-refractivity contribution in [2.24, 2.45) is 17.6 Å². The molecule has 0 aromatic rings. The predicted molar refractivity (Wildman–Crippen MR) is 77.3 cm³/mol. The molecule has 0 spiro atoms. The zero-order valence-electron chi connectivity index (χ0n) is 12.7. The molecule has 0 saturated heterocycles. The van der Waals surface area contributed by atoms with Crippen LogP contribution in [0.25, 0.3) is 0 Å². The minimum atomic E-state index is -1.03. The number of nitrogens with one attached hydrogen (secondary N) is 1. The van der Waals surface area contributed by atoms with Crippen molar-refractivity contribution in [1.82, 2.24) is 5.32 Å². The molecule has 0 aromatic carbocycles. The van der Waals surface area contributed by atoms with Gasteiger partial charge in [-0.2, -0.15) is 0 Å². The fourth-order valence-corrected chi connectivity index (χ4v) is 2.10. The Hall–Kier alpha value is -1.14. The molecule has 0 bridgehead atoms. The van der Waals surface area contributed by atoms with Crippen LogP contribution in [0.2, 0.25) is 0 Å². The first kappa shape index (κ1) is 18.9. The van der Waals surface area contributed by atoms with E-state index in [1.165, 1.54) is 7.11 Å². The average molecular weight is 288 g/mol. The van der Waals surface area contributed by atoms with Gasteiger partial charge in [-0.3, -0.25) is 4.79 Å². The van der Waals surface area contributed by atoms with Gasteiger partial charge in [-0.25, -0.2) is 4.79 Å². The van der Waals surface area contributed by atoms with Gasteiger partial charge in [-0.05, 0) is 31.2 Å². The second-order valence-corrected chi connectivity index (χ2v) is 5.36. The number of carboxylic acid groups (broad SMARTS) is 1. The van der Waals surface area contributed by atoms with Crippen LogP contribution in [0.4, 0.5) is 0 Å². The van der Waals surface area contributed by atoms with Crippen molar-refractivity contribution in [2.75, 3.05) is 20.3 Å². The topological polar surface area (TPSA) is 102 Å². The monoisotopic (exact) mass is 288 g/mol. The molecule has 0 aliphatic rings. The van der Waals surface area contributed by atoms with Gasteiger partial charge in [0.15, 0.2) is 0 Å². The smallest absolute Gasteiger partial charge is 0.326 e. The first-order chi connectivity index (χ1) is 9.42. The fraction of sp³-hybridized carbons (Fsp3) is 0.857. The Balaban J connectivity index is 4.20. The lowest BCUT2D eigenvalue weighted by Crippen LogP contribution is -2.41. The van der Waals surface area contributed by atoms with Gasteiger partial charge in [0, 0.05) is 26.6 Å². The Kier molecular flexibility index (Phi) is 10.0. The summed E-state index contributed by atoms with van der Waals surface area (Å²) in [6, 6.07) is -0.880. The third-order valence-corrected chi connectivity index (χ3v) is 3.47. The molecule has 0 rings (SSSR count). The molecule has 0 aromatic heterocycles. The highest BCUT2D eigenvalue weighted by atomic mass is 16.5. The zero-order chi connectivity index (χ0) is 15.5. The van der Waals surface area contributed by atoms with Gasteiger partial charge in [0.1, 0.15) is 6.04 Å². The Morgan fingerprint density at radius 1 is 1.25 bits per heavy atom. The summed E-state index contributed by atoms with van der Waals surface area (Å²) in [5.41, 5.74) is 5.56. The molecular weight excluding hydrogens is 260 g/mol. The van der Waals surface area contributed by atoms with Crippen LogP contribution < -0.4 is 11.1 Å². The number of methoxy groups -OCH3 is 1. The maximum absolute atomic E-state index is 11.8. The molecule has 0 aliphatic heterocycles. The van der Waals surface area contributed by atoms with Crippen LogP contribution >= 0.6 is 0 Å². The van der Waals surface area contributed by atoms with Gasteiger partial charge < -0.3 is 20.9 Å². The highest BCUT2D eigenvalue weighted by molar-refractivity contribution is 5.83. The molecular formula is C14H28N2O4. The largest absolute Gasteiger partial charge is 0.480 e. The van der Waals surface area contributed by atoms with Crippen molar-refractivity contribution in [2.45, 2.75) is 45.6 Å². The standard InChI is InChI=1S/C14H28N2O4/c1-10(2)11(6-8-15)4-5-13(17)16-12(14(18)19)7-9-20-3/h10-12H,4-9,15H2,1-3H3,(H,16,17)(H,18,19). The Bertz CT molecular complexity index is 295. The molecule has 6 nitrogen and oxygen atoms in total. The van der Waals surface area contributed by atoms with E-state index in [0.29, 0.717) is 31.4 Å². The first-order valence-corrected chi connectivity index (χ1v) is 7.13. The number of ether oxygens (including phenoxy) is 1. The normalized spacial score (nSPS) is 14.1. The zero-order valence-corrected chi connectivity index (χ0v) is 12.7. The van der Waals surface area contributed by atoms with Crippen LogP contribution in [0, 0.1) is 11.8 Å². The van der Waals surface area contributed by atoms with Gasteiger partial charge in [-0.15, -0.1) is 0 Å². The van der Waals surface area contributed by atoms with E-state index in [2.05, 4.69) is 19.2 Å². The van der Waals surface area contributed by atoms with Crippen molar-refractivity contribution < 1.29 is 19.4 Å². The van der Waals surface area contributed by atoms with E-state index in [1.807, 2.05) is 0 Å². The SMILES string of the molecule is COCCC(NC(=O)CCC(CCN)C(C)C)C(=O)O. The van der Waals surface area contributed by atoms with Gasteiger partial charge in [0.05, 0.1) is 0 Å². The van der Waals surface area contributed by atoms with E-state index >= 15 is 0 Å². The maximum Gasteiger partial charge on any atom is 0.326 e. The Morgan fingerprint density at radius 3 is 2.35 bits per heavy atom. The number of carboxylic acids is 1. The lowest BCUT2D eigenvalue weighted by molar-refractivity contribution is -0.142. The summed E-state index contributed by atoms with van der Waals surface area (Å²) >= 11 is 0. The van der Waals surface area contributed by atoms with E-state index in [9.17, 15) is 9.59 Å². The minimum Gasteiger partial charge on any atom is -0.480 e. The summed E-state index contributed by atoms with van der Waals surface area (Å²) in [7, 11) is 1.50. The Morgan fingerprint density at radius 2 is 1.90 bits per heavy atom. The van der Waals surface area contributed by atoms with Crippen LogP contribution in [0.3, 0.4) is 0 Å². The second kappa shape index (κ2) is 10.6. The van der Waals surface area contributed by atoms with E-state index in [-0.39, 0.29) is 12.3 Å². The number of amides is 1. The van der Waals surface area contributed by atoms with Crippen LogP contribution in [-0.2, 0) is 14.3 Å². The summed E-state index contributed by atoms with van der Waals surface area (Å²) in [4.78, 5) is 22.8. The van der Waals surface area contributed by atoms with Gasteiger partial charge in [0.2, 0.25) is 5.91 Å². The number of carbonyl (C=O) groups excluding carboxylic acids is 1. The lowest BCUT2D eigenvalue weighted by Gasteiger charge is -2.20. The third-order valence-electron chi connectivity index (χ3n) is 3.47. The number of hydrogen-bond acceptors (Lipinski definition) is 4. The molecule has 0 aliphatic carbocycles. The quantitative estimate of drug-likeness (QED) is 0.526. The third kappa shape index (κ3) is 8.12. The molecule has 0 radical (unpaired) electrons. The highest BCUT2D eigenvalue weighted by Crippen LogP contribution is 2.20. The minimum absolute atomic E-state index is 0.226. The molecule has 2 unspecified atom stereocenters. The van der Waals surface area contributed by atoms with E-state index < -0.39 is 12.0 Å². The summed E-state index contributed by atoms with van der Waals surface area (Å²) < 4.78 is 4.84. The number of nitrogens with two attached hydrogens (primary N) is 1. The first-order valence-electron chi connectivity index (χ1n) is 7.13. The number of aliphatic carboxylic acids is 1. The van der Waals surface area contributed by atoms with Crippen molar-refractivity contribution >= 4 is 11.9 Å². The number of carbonyl (C=O) groups is 2. The van der Waals surface area contributed by atoms with E-state index in [0.717, 1.165) is 12.8 Å². The van der Waals surface area contributed by atoms with E-state index in [4.69, 9.17) is 15.6 Å². The maximum atomic E-state index is 11.8. The second-order valence-electron chi connectivity index (χ2n) is 5.36. The molecule has 20 heavy (non-hydrogen) atoms. The molecule has 0 heterocycles. The molecule has 4 N–H and O–H groups in total. The van der Waals surface area contributed by atoms with Gasteiger partial charge in [-0.1, -0.05) is 13.8 Å². The lowest BCUT2D eigenvalue weighted by atomic mass is 9.88. The molecule has 0 saturated carbocycles. The summed E-state index contributed by atoms with van der Waals surface area (Å²) in [5, 5.41) is 11.5. The molecule has 0 fully saturated rings. The molecule has 2 atom stereocenters. The highest BCUT2D eigenvalue weighted by Gasteiger charge is 2.20. The average Bonchev–Trinajstić information content (AvgIpc) is 2.38. The van der Waals surface area contributed by atoms with Crippen LogP contribution in [0.15, 0.2) is 0 Å². The van der Waals surface area contributed by atoms with Crippen LogP contribution in [0.5, 0.6) is 0 Å². The number of hydrogen-bond donors (Lipinski definition) is 3. The van der Waals surface area contributed by atoms with Crippen molar-refractivity contribution in [1.29, 1.82) is 0 Å². The fourth-order valence-electron chi connectivity index (χ4n) is 2.10.